The van der Waals surface area contributed by atoms with Gasteiger partial charge in [-0.3, -0.25) is 9.78 Å². The number of rotatable bonds is 4. The molecule has 0 radical (unpaired) electrons. The maximum Gasteiger partial charge on any atom is 0.217 e. The van der Waals surface area contributed by atoms with Crippen LogP contribution in [0.2, 0.25) is 0 Å². The van der Waals surface area contributed by atoms with E-state index in [1.54, 1.807) is 12.4 Å². The molecule has 80 valence electrons. The molecule has 1 rings (SSSR count). The lowest BCUT2D eigenvalue weighted by Gasteiger charge is -2.08. The average molecular weight is 204 g/mol. The second kappa shape index (κ2) is 5.96. The fourth-order valence-electron chi connectivity index (χ4n) is 1.29. The van der Waals surface area contributed by atoms with Gasteiger partial charge in [-0.1, -0.05) is 18.2 Å². The summed E-state index contributed by atoms with van der Waals surface area (Å²) >= 11 is 0. The Bertz CT molecular complexity index is 333. The number of carbonyl (C=O) groups is 1. The summed E-state index contributed by atoms with van der Waals surface area (Å²) in [7, 11) is 0. The molecule has 0 aliphatic rings. The number of hydrogen-bond acceptors (Lipinski definition) is 2. The SMILES string of the molecule is CC(=O)N[C@@H](C)C/C=C/c1cccnc1. The number of amides is 1. The molecule has 1 amide bonds. The third-order valence-corrected chi connectivity index (χ3v) is 1.93. The number of aromatic nitrogens is 1. The van der Waals surface area contributed by atoms with E-state index in [4.69, 9.17) is 0 Å². The molecule has 0 aromatic carbocycles. The summed E-state index contributed by atoms with van der Waals surface area (Å²) in [6.07, 6.45) is 8.42. The van der Waals surface area contributed by atoms with Gasteiger partial charge >= 0.3 is 0 Å². The maximum atomic E-state index is 10.7. The molecule has 1 aromatic heterocycles. The molecule has 3 heteroatoms. The van der Waals surface area contributed by atoms with Gasteiger partial charge in [0.2, 0.25) is 5.91 Å². The topological polar surface area (TPSA) is 42.0 Å². The Morgan fingerprint density at radius 2 is 2.47 bits per heavy atom. The van der Waals surface area contributed by atoms with Crippen LogP contribution in [0.25, 0.3) is 6.08 Å². The van der Waals surface area contributed by atoms with Gasteiger partial charge in [-0.15, -0.1) is 0 Å². The van der Waals surface area contributed by atoms with Crippen molar-refractivity contribution in [3.63, 3.8) is 0 Å². The van der Waals surface area contributed by atoms with Crippen molar-refractivity contribution in [2.75, 3.05) is 0 Å². The van der Waals surface area contributed by atoms with Gasteiger partial charge in [-0.05, 0) is 25.0 Å². The van der Waals surface area contributed by atoms with Crippen LogP contribution in [0.5, 0.6) is 0 Å². The van der Waals surface area contributed by atoms with E-state index in [0.29, 0.717) is 0 Å². The molecule has 0 aliphatic heterocycles. The summed E-state index contributed by atoms with van der Waals surface area (Å²) in [5.74, 6) is 0.0114. The molecule has 0 bridgehead atoms. The summed E-state index contributed by atoms with van der Waals surface area (Å²) < 4.78 is 0. The molecule has 0 unspecified atom stereocenters. The van der Waals surface area contributed by atoms with E-state index >= 15 is 0 Å². The highest BCUT2D eigenvalue weighted by atomic mass is 16.1. The van der Waals surface area contributed by atoms with E-state index in [-0.39, 0.29) is 11.9 Å². The average Bonchev–Trinajstić information content (AvgIpc) is 2.18. The second-order valence-electron chi connectivity index (χ2n) is 3.53. The first-order chi connectivity index (χ1) is 7.18. The molecule has 1 atom stereocenters. The Labute approximate surface area is 90.2 Å². The molecule has 0 saturated heterocycles. The maximum absolute atomic E-state index is 10.7. The highest BCUT2D eigenvalue weighted by Crippen LogP contribution is 2.01. The van der Waals surface area contributed by atoms with Gasteiger partial charge in [0.1, 0.15) is 0 Å². The van der Waals surface area contributed by atoms with Crippen LogP contribution < -0.4 is 5.32 Å². The fraction of sp³-hybridized carbons (Fsp3) is 0.333. The fourth-order valence-corrected chi connectivity index (χ4v) is 1.29. The van der Waals surface area contributed by atoms with Crippen molar-refractivity contribution in [3.8, 4) is 0 Å². The van der Waals surface area contributed by atoms with Crippen LogP contribution in [0, 0.1) is 0 Å². The molecule has 1 aromatic rings. The van der Waals surface area contributed by atoms with Gasteiger partial charge in [0.25, 0.3) is 0 Å². The van der Waals surface area contributed by atoms with Crippen molar-refractivity contribution in [2.45, 2.75) is 26.3 Å². The van der Waals surface area contributed by atoms with E-state index in [1.807, 2.05) is 31.2 Å². The molecule has 0 spiro atoms. The second-order valence-corrected chi connectivity index (χ2v) is 3.53. The summed E-state index contributed by atoms with van der Waals surface area (Å²) in [4.78, 5) is 14.8. The standard InChI is InChI=1S/C12H16N2O/c1-10(14-11(2)15)5-3-6-12-7-4-8-13-9-12/h3-4,6-10H,5H2,1-2H3,(H,14,15)/b6-3+/t10-/m0/s1. The van der Waals surface area contributed by atoms with Crippen molar-refractivity contribution in [2.24, 2.45) is 0 Å². The van der Waals surface area contributed by atoms with Crippen LogP contribution >= 0.6 is 0 Å². The monoisotopic (exact) mass is 204 g/mol. The highest BCUT2D eigenvalue weighted by molar-refractivity contribution is 5.73. The van der Waals surface area contributed by atoms with E-state index in [1.165, 1.54) is 6.92 Å². The van der Waals surface area contributed by atoms with Crippen molar-refractivity contribution in [1.29, 1.82) is 0 Å². The number of pyridine rings is 1. The molecule has 0 aliphatic carbocycles. The Morgan fingerprint density at radius 1 is 1.67 bits per heavy atom. The van der Waals surface area contributed by atoms with Crippen LogP contribution in [0.4, 0.5) is 0 Å². The molecule has 0 saturated carbocycles. The Morgan fingerprint density at radius 3 is 3.07 bits per heavy atom. The lowest BCUT2D eigenvalue weighted by Crippen LogP contribution is -2.29. The minimum Gasteiger partial charge on any atom is -0.354 e. The van der Waals surface area contributed by atoms with Gasteiger partial charge in [0, 0.05) is 25.4 Å². The van der Waals surface area contributed by atoms with Gasteiger partial charge in [-0.2, -0.15) is 0 Å². The highest BCUT2D eigenvalue weighted by Gasteiger charge is 1.99. The Hall–Kier alpha value is -1.64. The van der Waals surface area contributed by atoms with E-state index in [0.717, 1.165) is 12.0 Å². The number of nitrogens with one attached hydrogen (secondary N) is 1. The molecule has 1 heterocycles. The van der Waals surface area contributed by atoms with E-state index < -0.39 is 0 Å². The summed E-state index contributed by atoms with van der Waals surface area (Å²) in [5, 5.41) is 2.82. The van der Waals surface area contributed by atoms with Crippen LogP contribution in [0.1, 0.15) is 25.8 Å². The quantitative estimate of drug-likeness (QED) is 0.815. The molecular weight excluding hydrogens is 188 g/mol. The lowest BCUT2D eigenvalue weighted by molar-refractivity contribution is -0.119. The minimum absolute atomic E-state index is 0.0114. The molecule has 15 heavy (non-hydrogen) atoms. The molecule has 0 fully saturated rings. The Kier molecular flexibility index (Phi) is 4.54. The number of carbonyl (C=O) groups excluding carboxylic acids is 1. The van der Waals surface area contributed by atoms with E-state index in [2.05, 4.69) is 10.3 Å². The summed E-state index contributed by atoms with van der Waals surface area (Å²) in [6, 6.07) is 4.07. The first-order valence-electron chi connectivity index (χ1n) is 5.02. The van der Waals surface area contributed by atoms with Crippen molar-refractivity contribution < 1.29 is 4.79 Å². The largest absolute Gasteiger partial charge is 0.354 e. The smallest absolute Gasteiger partial charge is 0.217 e. The van der Waals surface area contributed by atoms with Crippen molar-refractivity contribution >= 4 is 12.0 Å². The first kappa shape index (κ1) is 11.4. The van der Waals surface area contributed by atoms with E-state index in [9.17, 15) is 4.79 Å². The van der Waals surface area contributed by atoms with Crippen LogP contribution in [0.15, 0.2) is 30.6 Å². The van der Waals surface area contributed by atoms with Gasteiger partial charge < -0.3 is 5.32 Å². The third-order valence-electron chi connectivity index (χ3n) is 1.93. The zero-order valence-corrected chi connectivity index (χ0v) is 9.10. The lowest BCUT2D eigenvalue weighted by atomic mass is 10.2. The summed E-state index contributed by atoms with van der Waals surface area (Å²) in [5.41, 5.74) is 1.08. The molecular formula is C12H16N2O. The predicted molar refractivity (Wildman–Crippen MR) is 61.2 cm³/mol. The van der Waals surface area contributed by atoms with Crippen molar-refractivity contribution in [3.05, 3.63) is 36.2 Å². The van der Waals surface area contributed by atoms with Gasteiger partial charge in [-0.25, -0.2) is 0 Å². The predicted octanol–water partition coefficient (Wildman–Crippen LogP) is 2.01. The number of nitrogens with zero attached hydrogens (tertiary/aromatic N) is 1. The van der Waals surface area contributed by atoms with Gasteiger partial charge in [0.05, 0.1) is 0 Å². The first-order valence-corrected chi connectivity index (χ1v) is 5.02. The third kappa shape index (κ3) is 4.96. The molecule has 1 N–H and O–H groups in total. The summed E-state index contributed by atoms with van der Waals surface area (Å²) in [6.45, 7) is 3.51. The van der Waals surface area contributed by atoms with Crippen LogP contribution in [-0.2, 0) is 4.79 Å². The number of hydrogen-bond donors (Lipinski definition) is 1. The normalized spacial score (nSPS) is 12.7. The Balaban J connectivity index is 2.37. The minimum atomic E-state index is 0.0114. The van der Waals surface area contributed by atoms with Crippen LogP contribution in [0.3, 0.4) is 0 Å². The zero-order valence-electron chi connectivity index (χ0n) is 9.10. The van der Waals surface area contributed by atoms with Crippen LogP contribution in [-0.4, -0.2) is 16.9 Å². The molecule has 3 nitrogen and oxygen atoms in total. The van der Waals surface area contributed by atoms with Gasteiger partial charge in [0.15, 0.2) is 0 Å². The zero-order chi connectivity index (χ0) is 11.1. The van der Waals surface area contributed by atoms with Crippen molar-refractivity contribution in [1.82, 2.24) is 10.3 Å².